The first kappa shape index (κ1) is 9.89. The molecule has 2 nitrogen and oxygen atoms in total. The van der Waals surface area contributed by atoms with E-state index in [2.05, 4.69) is 0 Å². The van der Waals surface area contributed by atoms with Crippen LogP contribution in [0.3, 0.4) is 0 Å². The van der Waals surface area contributed by atoms with Crippen molar-refractivity contribution >= 4 is 6.08 Å². The van der Waals surface area contributed by atoms with Crippen molar-refractivity contribution in [3.8, 4) is 11.5 Å². The number of halogens is 3. The number of alkyl halides is 3. The molecule has 1 aromatic rings. The molecule has 0 fully saturated rings. The van der Waals surface area contributed by atoms with Crippen molar-refractivity contribution in [1.29, 1.82) is 0 Å². The number of allylic oxidation sites excluding steroid dienone is 1. The lowest BCUT2D eigenvalue weighted by atomic mass is 10.2. The lowest BCUT2D eigenvalue weighted by Gasteiger charge is -1.99. The summed E-state index contributed by atoms with van der Waals surface area (Å²) in [7, 11) is 0. The Bertz CT molecular complexity index is 396. The van der Waals surface area contributed by atoms with Crippen molar-refractivity contribution in [2.45, 2.75) is 6.18 Å². The Balaban J connectivity index is 2.20. The largest absolute Gasteiger partial charge is 0.454 e. The second-order valence-corrected chi connectivity index (χ2v) is 2.99. The van der Waals surface area contributed by atoms with Crippen molar-refractivity contribution in [2.75, 3.05) is 6.79 Å². The first-order chi connectivity index (χ1) is 7.04. The van der Waals surface area contributed by atoms with Gasteiger partial charge in [0.05, 0.1) is 0 Å². The molecule has 0 unspecified atom stereocenters. The molecule has 0 spiro atoms. The zero-order chi connectivity index (χ0) is 10.9. The third-order valence-electron chi connectivity index (χ3n) is 1.86. The smallest absolute Gasteiger partial charge is 0.409 e. The molecule has 1 aromatic carbocycles. The molecule has 1 aliphatic heterocycles. The van der Waals surface area contributed by atoms with Gasteiger partial charge in [-0.15, -0.1) is 0 Å². The SMILES string of the molecule is FC(F)(F)/C=C\c1ccc2c(c1)OCO2. The summed E-state index contributed by atoms with van der Waals surface area (Å²) in [5.41, 5.74) is 0.427. The van der Waals surface area contributed by atoms with Gasteiger partial charge >= 0.3 is 6.18 Å². The molecule has 0 saturated carbocycles. The van der Waals surface area contributed by atoms with E-state index in [1.165, 1.54) is 12.1 Å². The Morgan fingerprint density at radius 2 is 1.87 bits per heavy atom. The minimum atomic E-state index is -4.30. The normalized spacial score (nSPS) is 14.9. The molecule has 2 rings (SSSR count). The summed E-state index contributed by atoms with van der Waals surface area (Å²) in [4.78, 5) is 0. The second kappa shape index (κ2) is 3.49. The summed E-state index contributed by atoms with van der Waals surface area (Å²) in [5.74, 6) is 1.03. The standard InChI is InChI=1S/C10H7F3O2/c11-10(12,13)4-3-7-1-2-8-9(5-7)15-6-14-8/h1-5H,6H2/b4-3-. The molecular formula is C10H7F3O2. The van der Waals surface area contributed by atoms with E-state index in [9.17, 15) is 13.2 Å². The van der Waals surface area contributed by atoms with Gasteiger partial charge in [-0.3, -0.25) is 0 Å². The number of fused-ring (bicyclic) bond motifs is 1. The third kappa shape index (κ3) is 2.43. The van der Waals surface area contributed by atoms with Crippen LogP contribution in [0.1, 0.15) is 5.56 Å². The molecule has 0 radical (unpaired) electrons. The highest BCUT2D eigenvalue weighted by atomic mass is 19.4. The topological polar surface area (TPSA) is 18.5 Å². The lowest BCUT2D eigenvalue weighted by Crippen LogP contribution is -2.00. The highest BCUT2D eigenvalue weighted by molar-refractivity contribution is 5.56. The molecule has 0 saturated heterocycles. The van der Waals surface area contributed by atoms with Gasteiger partial charge in [0.1, 0.15) is 0 Å². The summed E-state index contributed by atoms with van der Waals surface area (Å²) >= 11 is 0. The van der Waals surface area contributed by atoms with Gasteiger partial charge in [-0.05, 0) is 23.8 Å². The molecular weight excluding hydrogens is 209 g/mol. The minimum absolute atomic E-state index is 0.113. The van der Waals surface area contributed by atoms with Crippen LogP contribution in [-0.4, -0.2) is 13.0 Å². The van der Waals surface area contributed by atoms with E-state index < -0.39 is 6.18 Å². The van der Waals surface area contributed by atoms with Crippen LogP contribution >= 0.6 is 0 Å². The van der Waals surface area contributed by atoms with E-state index in [0.717, 1.165) is 6.08 Å². The van der Waals surface area contributed by atoms with Crippen LogP contribution in [-0.2, 0) is 0 Å². The van der Waals surface area contributed by atoms with E-state index in [4.69, 9.17) is 9.47 Å². The van der Waals surface area contributed by atoms with Gasteiger partial charge in [0.15, 0.2) is 11.5 Å². The van der Waals surface area contributed by atoms with Crippen LogP contribution in [0.4, 0.5) is 13.2 Å². The van der Waals surface area contributed by atoms with Gasteiger partial charge in [-0.1, -0.05) is 6.07 Å². The first-order valence-corrected chi connectivity index (χ1v) is 4.20. The Morgan fingerprint density at radius 1 is 1.13 bits per heavy atom. The van der Waals surface area contributed by atoms with E-state index >= 15 is 0 Å². The molecule has 0 aliphatic carbocycles. The van der Waals surface area contributed by atoms with Gasteiger partial charge in [0.2, 0.25) is 6.79 Å². The summed E-state index contributed by atoms with van der Waals surface area (Å²) < 4.78 is 45.7. The summed E-state index contributed by atoms with van der Waals surface area (Å²) in [6.07, 6.45) is -3.12. The Labute approximate surface area is 83.9 Å². The average molecular weight is 216 g/mol. The van der Waals surface area contributed by atoms with Crippen LogP contribution in [0.25, 0.3) is 6.08 Å². The maximum absolute atomic E-state index is 11.9. The molecule has 0 amide bonds. The number of rotatable bonds is 1. The molecule has 15 heavy (non-hydrogen) atoms. The molecule has 1 heterocycles. The highest BCUT2D eigenvalue weighted by Gasteiger charge is 2.22. The number of benzene rings is 1. The van der Waals surface area contributed by atoms with Crippen molar-refractivity contribution in [3.63, 3.8) is 0 Å². The molecule has 80 valence electrons. The number of hydrogen-bond donors (Lipinski definition) is 0. The fourth-order valence-electron chi connectivity index (χ4n) is 1.21. The molecule has 0 aromatic heterocycles. The number of hydrogen-bond acceptors (Lipinski definition) is 2. The third-order valence-corrected chi connectivity index (χ3v) is 1.86. The first-order valence-electron chi connectivity index (χ1n) is 4.20. The molecule has 0 bridgehead atoms. The fraction of sp³-hybridized carbons (Fsp3) is 0.200. The van der Waals surface area contributed by atoms with E-state index in [-0.39, 0.29) is 12.9 Å². The summed E-state index contributed by atoms with van der Waals surface area (Å²) in [6, 6.07) is 4.62. The van der Waals surface area contributed by atoms with Crippen LogP contribution < -0.4 is 9.47 Å². The second-order valence-electron chi connectivity index (χ2n) is 2.99. The Hall–Kier alpha value is -1.65. The molecule has 0 atom stereocenters. The molecule has 5 heteroatoms. The predicted molar refractivity (Wildman–Crippen MR) is 47.7 cm³/mol. The summed E-state index contributed by atoms with van der Waals surface area (Å²) in [5, 5.41) is 0. The van der Waals surface area contributed by atoms with Crippen LogP contribution in [0, 0.1) is 0 Å². The minimum Gasteiger partial charge on any atom is -0.454 e. The maximum Gasteiger partial charge on any atom is 0.409 e. The van der Waals surface area contributed by atoms with E-state index in [1.54, 1.807) is 6.07 Å². The average Bonchev–Trinajstić information content (AvgIpc) is 2.60. The number of ether oxygens (including phenoxy) is 2. The molecule has 1 aliphatic rings. The maximum atomic E-state index is 11.9. The summed E-state index contributed by atoms with van der Waals surface area (Å²) in [6.45, 7) is 0.113. The Kier molecular flexibility index (Phi) is 2.30. The van der Waals surface area contributed by atoms with E-state index in [0.29, 0.717) is 17.1 Å². The van der Waals surface area contributed by atoms with Crippen LogP contribution in [0.15, 0.2) is 24.3 Å². The monoisotopic (exact) mass is 216 g/mol. The zero-order valence-corrected chi connectivity index (χ0v) is 7.54. The van der Waals surface area contributed by atoms with Gasteiger partial charge in [-0.2, -0.15) is 13.2 Å². The van der Waals surface area contributed by atoms with E-state index in [1.807, 2.05) is 0 Å². The predicted octanol–water partition coefficient (Wildman–Crippen LogP) is 2.99. The van der Waals surface area contributed by atoms with Crippen molar-refractivity contribution < 1.29 is 22.6 Å². The van der Waals surface area contributed by atoms with Crippen molar-refractivity contribution in [1.82, 2.24) is 0 Å². The van der Waals surface area contributed by atoms with Gasteiger partial charge in [-0.25, -0.2) is 0 Å². The molecule has 0 N–H and O–H groups in total. The van der Waals surface area contributed by atoms with Crippen LogP contribution in [0.2, 0.25) is 0 Å². The van der Waals surface area contributed by atoms with Gasteiger partial charge in [0, 0.05) is 6.08 Å². The lowest BCUT2D eigenvalue weighted by molar-refractivity contribution is -0.0790. The highest BCUT2D eigenvalue weighted by Crippen LogP contribution is 2.33. The van der Waals surface area contributed by atoms with Crippen molar-refractivity contribution in [3.05, 3.63) is 29.8 Å². The van der Waals surface area contributed by atoms with Gasteiger partial charge < -0.3 is 9.47 Å². The van der Waals surface area contributed by atoms with Crippen molar-refractivity contribution in [2.24, 2.45) is 0 Å². The zero-order valence-electron chi connectivity index (χ0n) is 7.54. The van der Waals surface area contributed by atoms with Crippen LogP contribution in [0.5, 0.6) is 11.5 Å². The Morgan fingerprint density at radius 3 is 2.60 bits per heavy atom. The fourth-order valence-corrected chi connectivity index (χ4v) is 1.21. The van der Waals surface area contributed by atoms with Gasteiger partial charge in [0.25, 0.3) is 0 Å². The quantitative estimate of drug-likeness (QED) is 0.718.